The van der Waals surface area contributed by atoms with Crippen LogP contribution < -0.4 is 16.0 Å². The fourth-order valence-corrected chi connectivity index (χ4v) is 4.26. The zero-order valence-corrected chi connectivity index (χ0v) is 18.4. The van der Waals surface area contributed by atoms with Crippen LogP contribution in [0.2, 0.25) is 0 Å². The molecular weight excluding hydrogens is 382 g/mol. The highest BCUT2D eigenvalue weighted by Gasteiger charge is 2.29. The van der Waals surface area contributed by atoms with Crippen molar-refractivity contribution in [1.82, 2.24) is 9.97 Å². The Morgan fingerprint density at radius 1 is 1.13 bits per heavy atom. The molecule has 5 nitrogen and oxygen atoms in total. The van der Waals surface area contributed by atoms with Gasteiger partial charge in [0.2, 0.25) is 5.95 Å². The van der Waals surface area contributed by atoms with Crippen molar-refractivity contribution < 1.29 is 0 Å². The van der Waals surface area contributed by atoms with Gasteiger partial charge in [-0.05, 0) is 61.6 Å². The van der Waals surface area contributed by atoms with E-state index in [4.69, 9.17) is 10.7 Å². The monoisotopic (exact) mass is 411 g/mol. The topological polar surface area (TPSA) is 67.1 Å². The Kier molecular flexibility index (Phi) is 4.94. The third-order valence-corrected chi connectivity index (χ3v) is 6.04. The van der Waals surface area contributed by atoms with E-state index >= 15 is 0 Å². The third-order valence-electron chi connectivity index (χ3n) is 6.04. The first kappa shape index (κ1) is 19.7. The Balaban J connectivity index is 1.42. The number of anilines is 3. The van der Waals surface area contributed by atoms with Crippen LogP contribution in [0.3, 0.4) is 0 Å². The molecule has 2 aromatic carbocycles. The predicted molar refractivity (Wildman–Crippen MR) is 128 cm³/mol. The fourth-order valence-electron chi connectivity index (χ4n) is 4.26. The second-order valence-corrected chi connectivity index (χ2v) is 9.11. The summed E-state index contributed by atoms with van der Waals surface area (Å²) >= 11 is 0. The number of nitrogens with zero attached hydrogens (tertiary/aromatic N) is 3. The average molecular weight is 412 g/mol. The minimum Gasteiger partial charge on any atom is -0.383 e. The van der Waals surface area contributed by atoms with Crippen LogP contribution in [-0.4, -0.2) is 22.1 Å². The highest BCUT2D eigenvalue weighted by atomic mass is 15.2. The van der Waals surface area contributed by atoms with Crippen LogP contribution in [0, 0.1) is 17.8 Å². The highest BCUT2D eigenvalue weighted by Crippen LogP contribution is 2.40. The lowest BCUT2D eigenvalue weighted by atomic mass is 10.0. The smallest absolute Gasteiger partial charge is 0.225 e. The first-order valence-electron chi connectivity index (χ1n) is 11.2. The molecule has 158 valence electrons. The molecule has 0 spiro atoms. The Bertz CT molecular complexity index is 1180. The minimum absolute atomic E-state index is 0.383. The molecule has 1 aromatic heterocycles. The molecule has 1 saturated carbocycles. The molecule has 1 fully saturated rings. The number of aromatic nitrogens is 2. The number of nitrogens with one attached hydrogen (secondary N) is 1. The number of fused-ring (bicyclic) bond motifs is 3. The average Bonchev–Trinajstić information content (AvgIpc) is 3.49. The zero-order valence-electron chi connectivity index (χ0n) is 18.4. The molecule has 0 bridgehead atoms. The van der Waals surface area contributed by atoms with Gasteiger partial charge >= 0.3 is 0 Å². The molecule has 2 aliphatic rings. The van der Waals surface area contributed by atoms with Crippen LogP contribution in [0.4, 0.5) is 17.5 Å². The van der Waals surface area contributed by atoms with Crippen molar-refractivity contribution in [2.45, 2.75) is 58.7 Å². The number of hydrogen-bond donors (Lipinski definition) is 2. The summed E-state index contributed by atoms with van der Waals surface area (Å²) in [5.74, 6) is 8.07. The van der Waals surface area contributed by atoms with Crippen molar-refractivity contribution in [3.8, 4) is 11.8 Å². The van der Waals surface area contributed by atoms with Crippen LogP contribution in [-0.2, 0) is 13.0 Å². The molecule has 1 aliphatic heterocycles. The molecule has 3 aromatic rings. The Hall–Kier alpha value is -3.26. The van der Waals surface area contributed by atoms with Gasteiger partial charge in [0.15, 0.2) is 0 Å². The van der Waals surface area contributed by atoms with Gasteiger partial charge in [0, 0.05) is 41.2 Å². The van der Waals surface area contributed by atoms with Gasteiger partial charge in [-0.1, -0.05) is 37.8 Å². The van der Waals surface area contributed by atoms with E-state index in [2.05, 4.69) is 84.2 Å². The lowest BCUT2D eigenvalue weighted by molar-refractivity contribution is 0.673. The second-order valence-electron chi connectivity index (χ2n) is 9.11. The van der Waals surface area contributed by atoms with Crippen LogP contribution in [0.15, 0.2) is 36.4 Å². The van der Waals surface area contributed by atoms with Gasteiger partial charge in [-0.15, -0.1) is 0 Å². The fraction of sp³-hybridized carbons (Fsp3) is 0.385. The van der Waals surface area contributed by atoms with Gasteiger partial charge in [0.1, 0.15) is 5.82 Å². The van der Waals surface area contributed by atoms with Crippen LogP contribution in [0.25, 0.3) is 10.9 Å². The van der Waals surface area contributed by atoms with Crippen molar-refractivity contribution >= 4 is 28.4 Å². The van der Waals surface area contributed by atoms with E-state index in [0.717, 1.165) is 29.4 Å². The molecular formula is C26H29N5. The van der Waals surface area contributed by atoms with Gasteiger partial charge < -0.3 is 16.0 Å². The Morgan fingerprint density at radius 2 is 1.90 bits per heavy atom. The number of nitrogen functional groups attached to an aromatic ring is 1. The van der Waals surface area contributed by atoms with Crippen LogP contribution in [0.5, 0.6) is 0 Å². The van der Waals surface area contributed by atoms with E-state index in [1.807, 2.05) is 0 Å². The first-order valence-corrected chi connectivity index (χ1v) is 11.2. The zero-order chi connectivity index (χ0) is 21.5. The lowest BCUT2D eigenvalue weighted by Gasteiger charge is -2.25. The first-order chi connectivity index (χ1) is 15.0. The van der Waals surface area contributed by atoms with Crippen molar-refractivity contribution in [3.63, 3.8) is 0 Å². The lowest BCUT2D eigenvalue weighted by Crippen LogP contribution is -2.28. The number of hydrogen-bond acceptors (Lipinski definition) is 5. The van der Waals surface area contributed by atoms with Crippen molar-refractivity contribution in [3.05, 3.63) is 53.1 Å². The number of rotatable bonds is 4. The van der Waals surface area contributed by atoms with Gasteiger partial charge in [-0.3, -0.25) is 0 Å². The Labute approximate surface area is 184 Å². The van der Waals surface area contributed by atoms with Gasteiger partial charge in [0.25, 0.3) is 0 Å². The molecule has 2 heterocycles. The van der Waals surface area contributed by atoms with Gasteiger partial charge in [0.05, 0.1) is 5.52 Å². The van der Waals surface area contributed by atoms with Gasteiger partial charge in [-0.25, -0.2) is 4.98 Å². The van der Waals surface area contributed by atoms with E-state index in [1.54, 1.807) is 0 Å². The predicted octanol–water partition coefficient (Wildman–Crippen LogP) is 4.75. The highest BCUT2D eigenvalue weighted by molar-refractivity contribution is 5.96. The van der Waals surface area contributed by atoms with E-state index in [-0.39, 0.29) is 0 Å². The molecule has 0 saturated heterocycles. The molecule has 0 radical (unpaired) electrons. The summed E-state index contributed by atoms with van der Waals surface area (Å²) in [7, 11) is 0. The van der Waals surface area contributed by atoms with Crippen molar-refractivity contribution in [1.29, 1.82) is 0 Å². The second kappa shape index (κ2) is 7.77. The molecule has 0 amide bonds. The molecule has 31 heavy (non-hydrogen) atoms. The maximum atomic E-state index is 6.41. The summed E-state index contributed by atoms with van der Waals surface area (Å²) in [5, 5.41) is 4.37. The molecule has 5 rings (SSSR count). The van der Waals surface area contributed by atoms with Crippen molar-refractivity contribution in [2.24, 2.45) is 5.92 Å². The van der Waals surface area contributed by atoms with E-state index in [9.17, 15) is 0 Å². The maximum absolute atomic E-state index is 6.41. The van der Waals surface area contributed by atoms with Crippen molar-refractivity contribution in [2.75, 3.05) is 16.0 Å². The normalized spacial score (nSPS) is 17.5. The summed E-state index contributed by atoms with van der Waals surface area (Å²) in [6.07, 6.45) is 3.32. The molecule has 5 heteroatoms. The Morgan fingerprint density at radius 3 is 2.61 bits per heavy atom. The van der Waals surface area contributed by atoms with E-state index in [1.165, 1.54) is 29.7 Å². The minimum atomic E-state index is 0.383. The summed E-state index contributed by atoms with van der Waals surface area (Å²) < 4.78 is 0. The van der Waals surface area contributed by atoms with E-state index in [0.29, 0.717) is 29.8 Å². The molecule has 3 N–H and O–H groups in total. The van der Waals surface area contributed by atoms with Gasteiger partial charge in [-0.2, -0.15) is 4.98 Å². The standard InChI is InChI=1S/C26H29N5/c1-16(2)4-5-18-6-8-19(9-7-18)15-31-17(3)14-21-23(31)13-12-22-24(21)25(27)30-26(29-22)28-20-10-11-20/h6-9,12-13,16-17,20H,10-11,14-15H2,1-3H3,(H3,27,28,29,30). The molecule has 1 unspecified atom stereocenters. The third kappa shape index (κ3) is 4.03. The van der Waals surface area contributed by atoms with Crippen LogP contribution >= 0.6 is 0 Å². The summed E-state index contributed by atoms with van der Waals surface area (Å²) in [5.41, 5.74) is 12.2. The summed E-state index contributed by atoms with van der Waals surface area (Å²) in [6, 6.07) is 13.8. The quantitative estimate of drug-likeness (QED) is 0.607. The largest absolute Gasteiger partial charge is 0.383 e. The number of benzene rings is 2. The maximum Gasteiger partial charge on any atom is 0.225 e. The molecule has 1 atom stereocenters. The SMILES string of the molecule is CC(C)C#Cc1ccc(CN2c3ccc4nc(NC5CC5)nc(N)c4c3CC2C)cc1. The van der Waals surface area contributed by atoms with E-state index < -0.39 is 0 Å². The summed E-state index contributed by atoms with van der Waals surface area (Å²) in [6.45, 7) is 7.35. The van der Waals surface area contributed by atoms with Crippen LogP contribution in [0.1, 0.15) is 50.3 Å². The summed E-state index contributed by atoms with van der Waals surface area (Å²) in [4.78, 5) is 11.7. The molecule has 1 aliphatic carbocycles. The number of nitrogens with two attached hydrogens (primary N) is 1.